The van der Waals surface area contributed by atoms with Crippen molar-refractivity contribution < 1.29 is 19.3 Å². The van der Waals surface area contributed by atoms with Gasteiger partial charge in [0.1, 0.15) is 24.3 Å². The van der Waals surface area contributed by atoms with Crippen molar-refractivity contribution in [1.82, 2.24) is 4.90 Å². The summed E-state index contributed by atoms with van der Waals surface area (Å²) in [5.74, 6) is 0.692. The van der Waals surface area contributed by atoms with Gasteiger partial charge in [0.05, 0.1) is 6.10 Å². The predicted molar refractivity (Wildman–Crippen MR) is 122 cm³/mol. The molecule has 31 heavy (non-hydrogen) atoms. The highest BCUT2D eigenvalue weighted by Crippen LogP contribution is 2.33. The number of hydrogen-bond acceptors (Lipinski definition) is 4. The predicted octanol–water partition coefficient (Wildman–Crippen LogP) is 4.62. The number of likely N-dealkylation sites (tertiary alicyclic amines) is 1. The molecular weight excluding hydrogens is 393 g/mol. The molecule has 0 radical (unpaired) electrons. The standard InChI is InChI=1S/C26H36FNO3/c1-18-5-10-24(23(15-18)26(2,3)4)31-17-22(29)16-28-13-11-20(12-14-28)25(30)19-6-8-21(27)9-7-19/h5-10,15,20,22,25,29-30H,11-14,16-17H2,1-4H3. The second kappa shape index (κ2) is 10.1. The zero-order chi connectivity index (χ0) is 22.6. The monoisotopic (exact) mass is 429 g/mol. The smallest absolute Gasteiger partial charge is 0.123 e. The van der Waals surface area contributed by atoms with Crippen molar-refractivity contribution in [1.29, 1.82) is 0 Å². The van der Waals surface area contributed by atoms with Crippen LogP contribution in [0.25, 0.3) is 0 Å². The number of benzene rings is 2. The molecule has 2 N–H and O–H groups in total. The van der Waals surface area contributed by atoms with Crippen LogP contribution in [0.1, 0.15) is 56.4 Å². The maximum absolute atomic E-state index is 13.1. The first kappa shape index (κ1) is 23.7. The van der Waals surface area contributed by atoms with Gasteiger partial charge in [0.25, 0.3) is 0 Å². The molecule has 0 bridgehead atoms. The number of aliphatic hydroxyl groups is 2. The summed E-state index contributed by atoms with van der Waals surface area (Å²) in [4.78, 5) is 2.22. The number of piperidine rings is 1. The average molecular weight is 430 g/mol. The van der Waals surface area contributed by atoms with Crippen molar-refractivity contribution in [3.05, 3.63) is 65.0 Å². The van der Waals surface area contributed by atoms with Crippen LogP contribution in [0.5, 0.6) is 5.75 Å². The van der Waals surface area contributed by atoms with Crippen molar-refractivity contribution in [2.75, 3.05) is 26.2 Å². The number of rotatable bonds is 7. The van der Waals surface area contributed by atoms with Gasteiger partial charge in [-0.15, -0.1) is 0 Å². The molecule has 2 unspecified atom stereocenters. The number of halogens is 1. The summed E-state index contributed by atoms with van der Waals surface area (Å²) >= 11 is 0. The van der Waals surface area contributed by atoms with E-state index in [2.05, 4.69) is 38.7 Å². The van der Waals surface area contributed by atoms with Crippen molar-refractivity contribution in [3.8, 4) is 5.75 Å². The van der Waals surface area contributed by atoms with E-state index < -0.39 is 12.2 Å². The fourth-order valence-electron chi connectivity index (χ4n) is 4.28. The Morgan fingerprint density at radius 3 is 2.32 bits per heavy atom. The van der Waals surface area contributed by atoms with E-state index in [4.69, 9.17) is 4.74 Å². The van der Waals surface area contributed by atoms with Crippen molar-refractivity contribution in [2.24, 2.45) is 5.92 Å². The van der Waals surface area contributed by atoms with Crippen molar-refractivity contribution in [3.63, 3.8) is 0 Å². The Morgan fingerprint density at radius 2 is 1.71 bits per heavy atom. The van der Waals surface area contributed by atoms with Crippen LogP contribution in [0.4, 0.5) is 4.39 Å². The molecule has 1 heterocycles. The number of β-amino-alcohol motifs (C(OH)–C–C–N with tert-alkyl or cyclic N) is 1. The minimum Gasteiger partial charge on any atom is -0.491 e. The van der Waals surface area contributed by atoms with E-state index in [1.165, 1.54) is 17.7 Å². The lowest BCUT2D eigenvalue weighted by Crippen LogP contribution is -2.41. The SMILES string of the molecule is Cc1ccc(OCC(O)CN2CCC(C(O)c3ccc(F)cc3)CC2)c(C(C)(C)C)c1. The molecule has 0 saturated carbocycles. The van der Waals surface area contributed by atoms with Gasteiger partial charge in [0.15, 0.2) is 0 Å². The summed E-state index contributed by atoms with van der Waals surface area (Å²) in [7, 11) is 0. The first-order chi connectivity index (χ1) is 14.6. The van der Waals surface area contributed by atoms with Gasteiger partial charge in [-0.25, -0.2) is 4.39 Å². The molecule has 0 spiro atoms. The van der Waals surface area contributed by atoms with Crippen molar-refractivity contribution >= 4 is 0 Å². The molecule has 4 nitrogen and oxygen atoms in total. The lowest BCUT2D eigenvalue weighted by atomic mass is 9.85. The minimum atomic E-state index is -0.576. The second-order valence-corrected chi connectivity index (χ2v) is 9.85. The number of aryl methyl sites for hydroxylation is 1. The van der Waals surface area contributed by atoms with Gasteiger partial charge in [-0.1, -0.05) is 50.6 Å². The van der Waals surface area contributed by atoms with E-state index in [1.807, 2.05) is 12.1 Å². The fourth-order valence-corrected chi connectivity index (χ4v) is 4.28. The van der Waals surface area contributed by atoms with E-state index in [0.29, 0.717) is 6.54 Å². The van der Waals surface area contributed by atoms with Crippen molar-refractivity contribution in [2.45, 2.75) is 58.2 Å². The van der Waals surface area contributed by atoms with E-state index >= 15 is 0 Å². The van der Waals surface area contributed by atoms with Crippen LogP contribution in [0.15, 0.2) is 42.5 Å². The molecule has 1 aliphatic heterocycles. The van der Waals surface area contributed by atoms with Gasteiger partial charge in [-0.2, -0.15) is 0 Å². The van der Waals surface area contributed by atoms with Crippen LogP contribution >= 0.6 is 0 Å². The van der Waals surface area contributed by atoms with Gasteiger partial charge >= 0.3 is 0 Å². The van der Waals surface area contributed by atoms with Crippen LogP contribution in [0.2, 0.25) is 0 Å². The molecule has 170 valence electrons. The molecule has 2 aromatic rings. The Kier molecular flexibility index (Phi) is 7.73. The first-order valence-electron chi connectivity index (χ1n) is 11.2. The highest BCUT2D eigenvalue weighted by Gasteiger charge is 2.27. The van der Waals surface area contributed by atoms with Crippen LogP contribution in [-0.2, 0) is 5.41 Å². The van der Waals surface area contributed by atoms with Gasteiger partial charge in [-0.05, 0) is 73.5 Å². The van der Waals surface area contributed by atoms with Gasteiger partial charge < -0.3 is 19.8 Å². The Morgan fingerprint density at radius 1 is 1.06 bits per heavy atom. The number of aliphatic hydroxyl groups excluding tert-OH is 2. The summed E-state index contributed by atoms with van der Waals surface area (Å²) in [6.07, 6.45) is 0.539. The summed E-state index contributed by atoms with van der Waals surface area (Å²) < 4.78 is 19.1. The average Bonchev–Trinajstić information content (AvgIpc) is 2.73. The van der Waals surface area contributed by atoms with Crippen LogP contribution in [0.3, 0.4) is 0 Å². The molecular formula is C26H36FNO3. The highest BCUT2D eigenvalue weighted by atomic mass is 19.1. The van der Waals surface area contributed by atoms with Gasteiger partial charge in [-0.3, -0.25) is 0 Å². The summed E-state index contributed by atoms with van der Waals surface area (Å²) in [5, 5.41) is 21.2. The topological polar surface area (TPSA) is 52.9 Å². The fraction of sp³-hybridized carbons (Fsp3) is 0.538. The molecule has 5 heteroatoms. The molecule has 3 rings (SSSR count). The molecule has 0 aromatic heterocycles. The third-order valence-corrected chi connectivity index (χ3v) is 6.13. The molecule has 2 atom stereocenters. The zero-order valence-electron chi connectivity index (χ0n) is 19.1. The highest BCUT2D eigenvalue weighted by molar-refractivity contribution is 5.41. The quantitative estimate of drug-likeness (QED) is 0.675. The zero-order valence-corrected chi connectivity index (χ0v) is 19.1. The number of hydrogen-bond donors (Lipinski definition) is 2. The lowest BCUT2D eigenvalue weighted by molar-refractivity contribution is 0.0276. The summed E-state index contributed by atoms with van der Waals surface area (Å²) in [6, 6.07) is 12.3. The summed E-state index contributed by atoms with van der Waals surface area (Å²) in [5.41, 5.74) is 3.08. The lowest BCUT2D eigenvalue weighted by Gasteiger charge is -2.35. The van der Waals surface area contributed by atoms with E-state index in [9.17, 15) is 14.6 Å². The van der Waals surface area contributed by atoms with Crippen LogP contribution in [-0.4, -0.2) is 47.5 Å². The normalized spacial score (nSPS) is 18.0. The Hall–Kier alpha value is -1.95. The molecule has 0 amide bonds. The molecule has 1 fully saturated rings. The maximum Gasteiger partial charge on any atom is 0.123 e. The number of nitrogens with zero attached hydrogens (tertiary/aromatic N) is 1. The molecule has 1 aliphatic rings. The third-order valence-electron chi connectivity index (χ3n) is 6.13. The van der Waals surface area contributed by atoms with Crippen LogP contribution < -0.4 is 4.74 Å². The molecule has 2 aromatic carbocycles. The minimum absolute atomic E-state index is 0.0282. The van der Waals surface area contributed by atoms with Gasteiger partial charge in [0, 0.05) is 6.54 Å². The van der Waals surface area contributed by atoms with E-state index in [1.54, 1.807) is 12.1 Å². The number of ether oxygens (including phenoxy) is 1. The molecule has 1 saturated heterocycles. The second-order valence-electron chi connectivity index (χ2n) is 9.85. The Balaban J connectivity index is 1.47. The van der Waals surface area contributed by atoms with Gasteiger partial charge in [0.2, 0.25) is 0 Å². The maximum atomic E-state index is 13.1. The third kappa shape index (κ3) is 6.52. The Bertz CT molecular complexity index is 839. The Labute approximate surface area is 185 Å². The van der Waals surface area contributed by atoms with E-state index in [0.717, 1.165) is 42.8 Å². The van der Waals surface area contributed by atoms with Crippen LogP contribution in [0, 0.1) is 18.7 Å². The summed E-state index contributed by atoms with van der Waals surface area (Å²) in [6.45, 7) is 11.0. The first-order valence-corrected chi connectivity index (χ1v) is 11.2. The molecule has 0 aliphatic carbocycles. The largest absolute Gasteiger partial charge is 0.491 e. The van der Waals surface area contributed by atoms with E-state index in [-0.39, 0.29) is 23.8 Å².